The van der Waals surface area contributed by atoms with Crippen molar-refractivity contribution in [3.05, 3.63) is 35.4 Å². The zero-order valence-electron chi connectivity index (χ0n) is 10.4. The summed E-state index contributed by atoms with van der Waals surface area (Å²) in [7, 11) is 0. The smallest absolute Gasteiger partial charge is 0.126 e. The van der Waals surface area contributed by atoms with Crippen molar-refractivity contribution in [1.82, 2.24) is 5.32 Å². The minimum absolute atomic E-state index is 0.151. The number of nitrogens with one attached hydrogen (secondary N) is 1. The van der Waals surface area contributed by atoms with E-state index in [1.54, 1.807) is 6.92 Å². The van der Waals surface area contributed by atoms with E-state index >= 15 is 0 Å². The molecule has 0 amide bonds. The average Bonchev–Trinajstić information content (AvgIpc) is 2.27. The van der Waals surface area contributed by atoms with Gasteiger partial charge in [-0.05, 0) is 38.0 Å². The van der Waals surface area contributed by atoms with Gasteiger partial charge < -0.3 is 10.4 Å². The molecule has 0 heterocycles. The number of benzene rings is 1. The van der Waals surface area contributed by atoms with Crippen molar-refractivity contribution in [2.24, 2.45) is 0 Å². The molecule has 2 atom stereocenters. The second kappa shape index (κ2) is 5.56. The summed E-state index contributed by atoms with van der Waals surface area (Å²) in [5.41, 5.74) is -0.420. The lowest BCUT2D eigenvalue weighted by Gasteiger charge is -2.32. The van der Waals surface area contributed by atoms with Gasteiger partial charge in [0.1, 0.15) is 11.6 Å². The molecule has 4 heteroatoms. The van der Waals surface area contributed by atoms with Gasteiger partial charge in [-0.2, -0.15) is 0 Å². The van der Waals surface area contributed by atoms with Gasteiger partial charge in [0.2, 0.25) is 0 Å². The van der Waals surface area contributed by atoms with Gasteiger partial charge >= 0.3 is 0 Å². The quantitative estimate of drug-likeness (QED) is 0.833. The molecule has 1 aromatic carbocycles. The number of hydrogen-bond acceptors (Lipinski definition) is 2. The predicted molar refractivity (Wildman–Crippen MR) is 63.7 cm³/mol. The Labute approximate surface area is 101 Å². The van der Waals surface area contributed by atoms with Gasteiger partial charge in [0.25, 0.3) is 0 Å². The first-order valence-corrected chi connectivity index (χ1v) is 5.76. The van der Waals surface area contributed by atoms with E-state index in [1.807, 2.05) is 13.8 Å². The van der Waals surface area contributed by atoms with Crippen LogP contribution in [0.5, 0.6) is 0 Å². The lowest BCUT2D eigenvalue weighted by atomic mass is 9.91. The van der Waals surface area contributed by atoms with Gasteiger partial charge in [-0.1, -0.05) is 6.92 Å². The van der Waals surface area contributed by atoms with Crippen LogP contribution in [0.15, 0.2) is 18.2 Å². The summed E-state index contributed by atoms with van der Waals surface area (Å²) in [6.07, 6.45) is 0.868. The molecule has 96 valence electrons. The van der Waals surface area contributed by atoms with Gasteiger partial charge in [0.15, 0.2) is 0 Å². The summed E-state index contributed by atoms with van der Waals surface area (Å²) in [4.78, 5) is 0. The molecule has 2 unspecified atom stereocenters. The number of aliphatic hydroxyl groups is 1. The van der Waals surface area contributed by atoms with Crippen LogP contribution in [-0.2, 0) is 5.54 Å². The highest BCUT2D eigenvalue weighted by molar-refractivity contribution is 5.26. The number of halogens is 2. The fourth-order valence-corrected chi connectivity index (χ4v) is 1.74. The second-order valence-electron chi connectivity index (χ2n) is 4.60. The summed E-state index contributed by atoms with van der Waals surface area (Å²) in [5.74, 6) is -1.27. The van der Waals surface area contributed by atoms with Crippen molar-refractivity contribution in [3.63, 3.8) is 0 Å². The Morgan fingerprint density at radius 1 is 1.29 bits per heavy atom. The van der Waals surface area contributed by atoms with E-state index in [2.05, 4.69) is 5.32 Å². The third kappa shape index (κ3) is 3.48. The van der Waals surface area contributed by atoms with E-state index in [4.69, 9.17) is 0 Å². The Morgan fingerprint density at radius 2 is 1.82 bits per heavy atom. The zero-order chi connectivity index (χ0) is 13.1. The predicted octanol–water partition coefficient (Wildman–Crippen LogP) is 2.56. The highest BCUT2D eigenvalue weighted by atomic mass is 19.1. The monoisotopic (exact) mass is 243 g/mol. The summed E-state index contributed by atoms with van der Waals surface area (Å²) in [6.45, 7) is 5.47. The Bertz CT molecular complexity index is 363. The van der Waals surface area contributed by atoms with Gasteiger partial charge in [0.05, 0.1) is 12.1 Å². The van der Waals surface area contributed by atoms with Crippen molar-refractivity contribution in [2.45, 2.75) is 38.8 Å². The van der Waals surface area contributed by atoms with Crippen LogP contribution in [0.1, 0.15) is 32.8 Å². The van der Waals surface area contributed by atoms with Crippen molar-refractivity contribution < 1.29 is 13.9 Å². The number of hydrogen-bond donors (Lipinski definition) is 2. The highest BCUT2D eigenvalue weighted by Gasteiger charge is 2.27. The zero-order valence-corrected chi connectivity index (χ0v) is 10.4. The maximum Gasteiger partial charge on any atom is 0.126 e. The minimum Gasteiger partial charge on any atom is -0.394 e. The molecular formula is C13H19F2NO. The SMILES string of the molecule is CCC(C)NC(C)(CO)c1cc(F)cc(F)c1. The molecule has 2 nitrogen and oxygen atoms in total. The van der Waals surface area contributed by atoms with Crippen LogP contribution in [0.4, 0.5) is 8.78 Å². The topological polar surface area (TPSA) is 32.3 Å². The maximum absolute atomic E-state index is 13.2. The van der Waals surface area contributed by atoms with Crippen molar-refractivity contribution >= 4 is 0 Å². The molecule has 0 aliphatic heterocycles. The summed E-state index contributed by atoms with van der Waals surface area (Å²) in [6, 6.07) is 3.46. The second-order valence-corrected chi connectivity index (χ2v) is 4.60. The van der Waals surface area contributed by atoms with Crippen molar-refractivity contribution in [2.75, 3.05) is 6.61 Å². The molecule has 0 fully saturated rings. The first-order valence-electron chi connectivity index (χ1n) is 5.76. The number of aliphatic hydroxyl groups excluding tert-OH is 1. The van der Waals surface area contributed by atoms with Crippen molar-refractivity contribution in [1.29, 1.82) is 0 Å². The summed E-state index contributed by atoms with van der Waals surface area (Å²) < 4.78 is 26.3. The molecule has 0 saturated heterocycles. The molecule has 1 aromatic rings. The fraction of sp³-hybridized carbons (Fsp3) is 0.538. The van der Waals surface area contributed by atoms with Crippen LogP contribution >= 0.6 is 0 Å². The lowest BCUT2D eigenvalue weighted by molar-refractivity contribution is 0.162. The molecule has 0 aliphatic rings. The number of rotatable bonds is 5. The van der Waals surface area contributed by atoms with Crippen LogP contribution in [0.3, 0.4) is 0 Å². The molecule has 0 bridgehead atoms. The molecular weight excluding hydrogens is 224 g/mol. The van der Waals surface area contributed by atoms with Gasteiger partial charge in [0, 0.05) is 12.1 Å². The maximum atomic E-state index is 13.2. The van der Waals surface area contributed by atoms with Gasteiger partial charge in [-0.25, -0.2) is 8.78 Å². The summed E-state index contributed by atoms with van der Waals surface area (Å²) >= 11 is 0. The van der Waals surface area contributed by atoms with Crippen LogP contribution in [0, 0.1) is 11.6 Å². The van der Waals surface area contributed by atoms with Gasteiger partial charge in [-0.15, -0.1) is 0 Å². The molecule has 17 heavy (non-hydrogen) atoms. The third-order valence-electron chi connectivity index (χ3n) is 2.99. The first-order chi connectivity index (χ1) is 7.91. The average molecular weight is 243 g/mol. The summed E-state index contributed by atoms with van der Waals surface area (Å²) in [5, 5.41) is 12.6. The lowest BCUT2D eigenvalue weighted by Crippen LogP contribution is -2.47. The molecule has 2 N–H and O–H groups in total. The largest absolute Gasteiger partial charge is 0.394 e. The molecule has 0 aliphatic carbocycles. The Kier molecular flexibility index (Phi) is 4.60. The van der Waals surface area contributed by atoms with Gasteiger partial charge in [-0.3, -0.25) is 0 Å². The molecule has 0 spiro atoms. The van der Waals surface area contributed by atoms with Crippen molar-refractivity contribution in [3.8, 4) is 0 Å². The van der Waals surface area contributed by atoms with E-state index in [9.17, 15) is 13.9 Å². The molecule has 1 rings (SSSR count). The Balaban J connectivity index is 3.06. The minimum atomic E-state index is -0.835. The van der Waals surface area contributed by atoms with Crippen LogP contribution in [0.2, 0.25) is 0 Å². The van der Waals surface area contributed by atoms with Crippen LogP contribution < -0.4 is 5.32 Å². The Hall–Kier alpha value is -1.00. The fourth-order valence-electron chi connectivity index (χ4n) is 1.74. The van der Waals surface area contributed by atoms with E-state index in [1.165, 1.54) is 12.1 Å². The van der Waals surface area contributed by atoms with E-state index < -0.39 is 17.2 Å². The first kappa shape index (κ1) is 14.1. The van der Waals surface area contributed by atoms with E-state index in [0.717, 1.165) is 12.5 Å². The Morgan fingerprint density at radius 3 is 2.24 bits per heavy atom. The normalized spacial score (nSPS) is 16.6. The molecule has 0 radical (unpaired) electrons. The van der Waals surface area contributed by atoms with E-state index in [0.29, 0.717) is 5.56 Å². The standard InChI is InChI=1S/C13H19F2NO/c1-4-9(2)16-13(3,8-17)10-5-11(14)7-12(15)6-10/h5-7,9,16-17H,4,8H2,1-3H3. The van der Waals surface area contributed by atoms with E-state index in [-0.39, 0.29) is 12.6 Å². The highest BCUT2D eigenvalue weighted by Crippen LogP contribution is 2.23. The molecule has 0 saturated carbocycles. The van der Waals surface area contributed by atoms with Crippen LogP contribution in [-0.4, -0.2) is 17.8 Å². The third-order valence-corrected chi connectivity index (χ3v) is 2.99. The molecule has 0 aromatic heterocycles. The van der Waals surface area contributed by atoms with Crippen LogP contribution in [0.25, 0.3) is 0 Å².